The monoisotopic (exact) mass is 283 g/mol. The van der Waals surface area contributed by atoms with Gasteiger partial charge < -0.3 is 24.0 Å². The molecule has 20 heavy (non-hydrogen) atoms. The Morgan fingerprint density at radius 2 is 2.10 bits per heavy atom. The van der Waals surface area contributed by atoms with E-state index in [-0.39, 0.29) is 18.1 Å². The SMILES string of the molecule is CCOC(=O)c1ncoc1[C@H](C)N(C(=O)[O-])C(C)(C)C. The summed E-state index contributed by atoms with van der Waals surface area (Å²) >= 11 is 0. The van der Waals surface area contributed by atoms with Crippen LogP contribution in [-0.4, -0.2) is 34.1 Å². The second-order valence-electron chi connectivity index (χ2n) is 5.27. The smallest absolute Gasteiger partial charge is 0.360 e. The second-order valence-corrected chi connectivity index (χ2v) is 5.27. The van der Waals surface area contributed by atoms with Crippen molar-refractivity contribution in [2.24, 2.45) is 0 Å². The fourth-order valence-electron chi connectivity index (χ4n) is 2.03. The molecule has 0 bridgehead atoms. The van der Waals surface area contributed by atoms with Crippen LogP contribution in [0, 0.1) is 0 Å². The number of rotatable bonds is 4. The number of hydrogen-bond donors (Lipinski definition) is 0. The molecular weight excluding hydrogens is 264 g/mol. The number of esters is 1. The van der Waals surface area contributed by atoms with E-state index in [0.717, 1.165) is 11.3 Å². The fourth-order valence-corrected chi connectivity index (χ4v) is 2.03. The van der Waals surface area contributed by atoms with Gasteiger partial charge in [-0.25, -0.2) is 9.78 Å². The highest BCUT2D eigenvalue weighted by molar-refractivity contribution is 5.88. The summed E-state index contributed by atoms with van der Waals surface area (Å²) in [7, 11) is 0. The number of carbonyl (C=O) groups is 2. The van der Waals surface area contributed by atoms with Gasteiger partial charge in [-0.15, -0.1) is 0 Å². The molecule has 0 saturated carbocycles. The number of aromatic nitrogens is 1. The Morgan fingerprint density at radius 1 is 1.50 bits per heavy atom. The van der Waals surface area contributed by atoms with E-state index in [1.54, 1.807) is 34.6 Å². The molecule has 0 radical (unpaired) electrons. The normalized spacial score (nSPS) is 12.8. The van der Waals surface area contributed by atoms with Crippen molar-refractivity contribution in [3.63, 3.8) is 0 Å². The third-order valence-corrected chi connectivity index (χ3v) is 2.75. The summed E-state index contributed by atoms with van der Waals surface area (Å²) < 4.78 is 10.0. The van der Waals surface area contributed by atoms with E-state index in [2.05, 4.69) is 4.98 Å². The minimum atomic E-state index is -1.35. The van der Waals surface area contributed by atoms with Crippen LogP contribution in [0.1, 0.15) is 56.9 Å². The molecule has 1 aromatic heterocycles. The molecule has 0 spiro atoms. The Morgan fingerprint density at radius 3 is 2.55 bits per heavy atom. The van der Waals surface area contributed by atoms with Gasteiger partial charge >= 0.3 is 5.97 Å². The molecule has 0 aromatic carbocycles. The number of oxazole rings is 1. The van der Waals surface area contributed by atoms with Crippen LogP contribution in [0.5, 0.6) is 0 Å². The molecule has 1 amide bonds. The van der Waals surface area contributed by atoms with Crippen LogP contribution < -0.4 is 5.11 Å². The first-order valence-corrected chi connectivity index (χ1v) is 6.31. The van der Waals surface area contributed by atoms with Crippen molar-refractivity contribution in [2.75, 3.05) is 6.61 Å². The molecule has 0 N–H and O–H groups in total. The first-order chi connectivity index (χ1) is 9.20. The lowest BCUT2D eigenvalue weighted by atomic mass is 10.0. The van der Waals surface area contributed by atoms with Crippen molar-refractivity contribution < 1.29 is 23.8 Å². The largest absolute Gasteiger partial charge is 0.530 e. The second kappa shape index (κ2) is 5.94. The van der Waals surface area contributed by atoms with Crippen molar-refractivity contribution in [1.29, 1.82) is 0 Å². The first kappa shape index (κ1) is 16.0. The van der Waals surface area contributed by atoms with Crippen LogP contribution in [0.3, 0.4) is 0 Å². The summed E-state index contributed by atoms with van der Waals surface area (Å²) in [5.74, 6) is -0.502. The van der Waals surface area contributed by atoms with E-state index >= 15 is 0 Å². The van der Waals surface area contributed by atoms with Gasteiger partial charge in [0.15, 0.2) is 17.8 Å². The highest BCUT2D eigenvalue weighted by Gasteiger charge is 2.32. The lowest BCUT2D eigenvalue weighted by molar-refractivity contribution is -0.273. The number of carboxylic acid groups (broad SMARTS) is 1. The minimum absolute atomic E-state index is 0.0187. The lowest BCUT2D eigenvalue weighted by Crippen LogP contribution is -2.52. The first-order valence-electron chi connectivity index (χ1n) is 6.31. The average Bonchev–Trinajstić information content (AvgIpc) is 2.75. The summed E-state index contributed by atoms with van der Waals surface area (Å²) in [5.41, 5.74) is -0.730. The van der Waals surface area contributed by atoms with Gasteiger partial charge in [0.25, 0.3) is 0 Å². The zero-order chi connectivity index (χ0) is 15.5. The van der Waals surface area contributed by atoms with Crippen molar-refractivity contribution in [3.05, 3.63) is 17.8 Å². The van der Waals surface area contributed by atoms with Crippen LogP contribution in [0.4, 0.5) is 4.79 Å². The summed E-state index contributed by atoms with van der Waals surface area (Å²) in [4.78, 5) is 28.0. The van der Waals surface area contributed by atoms with Gasteiger partial charge in [0, 0.05) is 5.54 Å². The third-order valence-electron chi connectivity index (χ3n) is 2.75. The quantitative estimate of drug-likeness (QED) is 0.774. The number of nitrogens with zero attached hydrogens (tertiary/aromatic N) is 2. The van der Waals surface area contributed by atoms with Crippen molar-refractivity contribution in [1.82, 2.24) is 9.88 Å². The predicted molar refractivity (Wildman–Crippen MR) is 67.9 cm³/mol. The Hall–Kier alpha value is -2.05. The van der Waals surface area contributed by atoms with Crippen LogP contribution in [-0.2, 0) is 4.74 Å². The van der Waals surface area contributed by atoms with Crippen molar-refractivity contribution in [2.45, 2.75) is 46.2 Å². The maximum atomic E-state index is 11.7. The summed E-state index contributed by atoms with van der Waals surface area (Å²) in [6.45, 7) is 8.64. The van der Waals surface area contributed by atoms with Gasteiger partial charge in [-0.3, -0.25) is 0 Å². The van der Waals surface area contributed by atoms with Crippen LogP contribution in [0.25, 0.3) is 0 Å². The summed E-state index contributed by atoms with van der Waals surface area (Å²) in [5, 5.41) is 11.3. The predicted octanol–water partition coefficient (Wildman–Crippen LogP) is 1.36. The number of hydrogen-bond acceptors (Lipinski definition) is 6. The standard InChI is InChI=1S/C13H20N2O5/c1-6-19-11(16)9-10(20-7-14-9)8(2)15(12(17)18)13(3,4)5/h7-8H,6H2,1-5H3,(H,17,18)/p-1/t8-/m0/s1. The molecule has 0 aliphatic carbocycles. The topological polar surface area (TPSA) is 95.7 Å². The number of ether oxygens (including phenoxy) is 1. The van der Waals surface area contributed by atoms with Crippen LogP contribution in [0.2, 0.25) is 0 Å². The van der Waals surface area contributed by atoms with Gasteiger partial charge in [0.05, 0.1) is 12.6 Å². The molecule has 112 valence electrons. The molecule has 1 rings (SSSR count). The fraction of sp³-hybridized carbons (Fsp3) is 0.615. The van der Waals surface area contributed by atoms with Gasteiger partial charge in [-0.1, -0.05) is 0 Å². The maximum absolute atomic E-state index is 11.7. The molecular formula is C13H19N2O5-. The van der Waals surface area contributed by atoms with Gasteiger partial charge in [0.1, 0.15) is 6.09 Å². The number of amides is 1. The third kappa shape index (κ3) is 3.28. The minimum Gasteiger partial charge on any atom is -0.530 e. The highest BCUT2D eigenvalue weighted by atomic mass is 16.5. The molecule has 0 unspecified atom stereocenters. The maximum Gasteiger partial charge on any atom is 0.360 e. The highest BCUT2D eigenvalue weighted by Crippen LogP contribution is 2.29. The molecule has 1 heterocycles. The van der Waals surface area contributed by atoms with Crippen molar-refractivity contribution >= 4 is 12.1 Å². The molecule has 1 aromatic rings. The van der Waals surface area contributed by atoms with Crippen molar-refractivity contribution in [3.8, 4) is 0 Å². The summed E-state index contributed by atoms with van der Waals surface area (Å²) in [6.07, 6.45) is -0.259. The molecule has 7 nitrogen and oxygen atoms in total. The Labute approximate surface area is 117 Å². The van der Waals surface area contributed by atoms with E-state index in [4.69, 9.17) is 9.15 Å². The average molecular weight is 283 g/mol. The molecule has 0 aliphatic rings. The number of carbonyl (C=O) groups excluding carboxylic acids is 2. The van der Waals surface area contributed by atoms with Crippen LogP contribution in [0.15, 0.2) is 10.8 Å². The zero-order valence-corrected chi connectivity index (χ0v) is 12.3. The molecule has 7 heteroatoms. The molecule has 1 atom stereocenters. The van der Waals surface area contributed by atoms with E-state index in [9.17, 15) is 14.7 Å². The van der Waals surface area contributed by atoms with E-state index in [1.807, 2.05) is 0 Å². The molecule has 0 saturated heterocycles. The van der Waals surface area contributed by atoms with Gasteiger partial charge in [0.2, 0.25) is 0 Å². The Balaban J connectivity index is 3.14. The lowest BCUT2D eigenvalue weighted by Gasteiger charge is -2.41. The van der Waals surface area contributed by atoms with E-state index in [0.29, 0.717) is 0 Å². The van der Waals surface area contributed by atoms with Gasteiger partial charge in [-0.2, -0.15) is 0 Å². The molecule has 0 aliphatic heterocycles. The van der Waals surface area contributed by atoms with Crippen LogP contribution >= 0.6 is 0 Å². The Kier molecular flexibility index (Phi) is 4.75. The summed E-state index contributed by atoms with van der Waals surface area (Å²) in [6, 6.07) is -0.720. The Bertz CT molecular complexity index is 489. The molecule has 0 fully saturated rings. The van der Waals surface area contributed by atoms with E-state index in [1.165, 1.54) is 0 Å². The van der Waals surface area contributed by atoms with Gasteiger partial charge in [-0.05, 0) is 34.6 Å². The zero-order valence-electron chi connectivity index (χ0n) is 12.3. The van der Waals surface area contributed by atoms with E-state index < -0.39 is 23.6 Å².